The highest BCUT2D eigenvalue weighted by molar-refractivity contribution is 5.64. The minimum Gasteiger partial charge on any atom is -0.365 e. The van der Waals surface area contributed by atoms with Crippen molar-refractivity contribution in [1.82, 2.24) is 0 Å². The minimum atomic E-state index is 0.229. The molecule has 2 heteroatoms. The maximum atomic E-state index is 9.96. The molecule has 0 spiro atoms. The van der Waals surface area contributed by atoms with Crippen molar-refractivity contribution < 1.29 is 9.53 Å². The SMILES string of the molecule is CCCCCC1O[C@H]1/C=C/C=O. The molecule has 68 valence electrons. The summed E-state index contributed by atoms with van der Waals surface area (Å²) in [5.74, 6) is 0. The molecule has 0 bridgehead atoms. The van der Waals surface area contributed by atoms with Crippen LogP contribution in [0.1, 0.15) is 32.6 Å². The number of epoxide rings is 1. The summed E-state index contributed by atoms with van der Waals surface area (Å²) in [7, 11) is 0. The van der Waals surface area contributed by atoms with Gasteiger partial charge in [-0.1, -0.05) is 32.3 Å². The maximum Gasteiger partial charge on any atom is 0.142 e. The number of unbranched alkanes of at least 4 members (excludes halogenated alkanes) is 2. The van der Waals surface area contributed by atoms with Gasteiger partial charge in [0.1, 0.15) is 12.4 Å². The average Bonchev–Trinajstić information content (AvgIpc) is 2.81. The monoisotopic (exact) mass is 168 g/mol. The molecule has 1 unspecified atom stereocenters. The van der Waals surface area contributed by atoms with Gasteiger partial charge in [-0.15, -0.1) is 0 Å². The summed E-state index contributed by atoms with van der Waals surface area (Å²) in [5.41, 5.74) is 0. The van der Waals surface area contributed by atoms with Crippen LogP contribution in [-0.2, 0) is 9.53 Å². The fraction of sp³-hybridized carbons (Fsp3) is 0.700. The molecule has 1 heterocycles. The quantitative estimate of drug-likeness (QED) is 0.263. The zero-order valence-electron chi connectivity index (χ0n) is 7.53. The molecule has 0 aromatic heterocycles. The van der Waals surface area contributed by atoms with E-state index in [1.807, 2.05) is 6.08 Å². The Morgan fingerprint density at radius 1 is 1.42 bits per heavy atom. The molecule has 0 aromatic rings. The summed E-state index contributed by atoms with van der Waals surface area (Å²) >= 11 is 0. The van der Waals surface area contributed by atoms with Crippen LogP contribution in [0, 0.1) is 0 Å². The van der Waals surface area contributed by atoms with E-state index in [-0.39, 0.29) is 6.10 Å². The normalized spacial score (nSPS) is 27.8. The van der Waals surface area contributed by atoms with Gasteiger partial charge in [-0.3, -0.25) is 4.79 Å². The predicted octanol–water partition coefficient (Wildman–Crippen LogP) is 2.09. The molecule has 1 rings (SSSR count). The molecular weight excluding hydrogens is 152 g/mol. The van der Waals surface area contributed by atoms with E-state index < -0.39 is 0 Å². The first-order valence-electron chi connectivity index (χ1n) is 4.66. The van der Waals surface area contributed by atoms with E-state index in [0.717, 1.165) is 12.7 Å². The van der Waals surface area contributed by atoms with Gasteiger partial charge in [0.15, 0.2) is 0 Å². The van der Waals surface area contributed by atoms with Crippen molar-refractivity contribution in [2.75, 3.05) is 0 Å². The fourth-order valence-corrected chi connectivity index (χ4v) is 1.31. The first kappa shape index (κ1) is 9.46. The van der Waals surface area contributed by atoms with Gasteiger partial charge in [0, 0.05) is 0 Å². The number of carbonyl (C=O) groups is 1. The molecule has 1 aliphatic heterocycles. The van der Waals surface area contributed by atoms with Crippen molar-refractivity contribution in [3.05, 3.63) is 12.2 Å². The van der Waals surface area contributed by atoms with Crippen molar-refractivity contribution in [2.24, 2.45) is 0 Å². The van der Waals surface area contributed by atoms with Gasteiger partial charge in [0.25, 0.3) is 0 Å². The van der Waals surface area contributed by atoms with Gasteiger partial charge >= 0.3 is 0 Å². The van der Waals surface area contributed by atoms with E-state index in [0.29, 0.717) is 6.10 Å². The number of allylic oxidation sites excluding steroid dienone is 1. The molecule has 0 amide bonds. The van der Waals surface area contributed by atoms with E-state index in [1.54, 1.807) is 0 Å². The van der Waals surface area contributed by atoms with Crippen LogP contribution in [0.5, 0.6) is 0 Å². The number of aldehydes is 1. The lowest BCUT2D eigenvalue weighted by Crippen LogP contribution is -1.90. The molecule has 0 N–H and O–H groups in total. The predicted molar refractivity (Wildman–Crippen MR) is 48.0 cm³/mol. The largest absolute Gasteiger partial charge is 0.365 e. The first-order chi connectivity index (χ1) is 5.88. The van der Waals surface area contributed by atoms with Gasteiger partial charge in [-0.2, -0.15) is 0 Å². The Balaban J connectivity index is 2.00. The Labute approximate surface area is 73.6 Å². The Hall–Kier alpha value is -0.630. The highest BCUT2D eigenvalue weighted by Crippen LogP contribution is 2.28. The van der Waals surface area contributed by atoms with Crippen LogP contribution in [0.15, 0.2) is 12.2 Å². The third-order valence-electron chi connectivity index (χ3n) is 2.09. The van der Waals surface area contributed by atoms with Gasteiger partial charge in [0.05, 0.1) is 6.10 Å². The molecular formula is C10H16O2. The average molecular weight is 168 g/mol. The lowest BCUT2D eigenvalue weighted by Gasteiger charge is -1.91. The Bertz CT molecular complexity index is 163. The third-order valence-corrected chi connectivity index (χ3v) is 2.09. The summed E-state index contributed by atoms with van der Waals surface area (Å²) in [6, 6.07) is 0. The summed E-state index contributed by atoms with van der Waals surface area (Å²) in [4.78, 5) is 9.96. The van der Waals surface area contributed by atoms with Crippen molar-refractivity contribution >= 4 is 6.29 Å². The second kappa shape index (κ2) is 5.09. The molecule has 0 aromatic carbocycles. The van der Waals surface area contributed by atoms with Crippen LogP contribution in [0.3, 0.4) is 0 Å². The zero-order valence-corrected chi connectivity index (χ0v) is 7.53. The van der Waals surface area contributed by atoms with E-state index in [1.165, 1.54) is 25.3 Å². The molecule has 1 fully saturated rings. The molecule has 1 aliphatic rings. The van der Waals surface area contributed by atoms with Crippen LogP contribution in [0.25, 0.3) is 0 Å². The number of ether oxygens (including phenoxy) is 1. The summed E-state index contributed by atoms with van der Waals surface area (Å²) < 4.78 is 5.32. The highest BCUT2D eigenvalue weighted by Gasteiger charge is 2.35. The van der Waals surface area contributed by atoms with E-state index in [9.17, 15) is 4.79 Å². The van der Waals surface area contributed by atoms with Gasteiger partial charge in [-0.05, 0) is 12.5 Å². The molecule has 0 radical (unpaired) electrons. The van der Waals surface area contributed by atoms with Crippen LogP contribution >= 0.6 is 0 Å². The first-order valence-corrected chi connectivity index (χ1v) is 4.66. The molecule has 1 saturated heterocycles. The number of carbonyl (C=O) groups excluding carboxylic acids is 1. The molecule has 2 nitrogen and oxygen atoms in total. The standard InChI is InChI=1S/C10H16O2/c1-2-3-4-6-9-10(12-9)7-5-8-11/h5,7-10H,2-4,6H2,1H3/b7-5+/t9?,10-/m0/s1. The van der Waals surface area contributed by atoms with Crippen molar-refractivity contribution in [3.63, 3.8) is 0 Å². The Kier molecular flexibility index (Phi) is 4.01. The molecule has 12 heavy (non-hydrogen) atoms. The minimum absolute atomic E-state index is 0.229. The number of hydrogen-bond donors (Lipinski definition) is 0. The second-order valence-electron chi connectivity index (χ2n) is 3.16. The van der Waals surface area contributed by atoms with Crippen molar-refractivity contribution in [3.8, 4) is 0 Å². The third kappa shape index (κ3) is 3.18. The summed E-state index contributed by atoms with van der Waals surface area (Å²) in [6.07, 6.45) is 9.69. The van der Waals surface area contributed by atoms with Crippen LogP contribution in [0.2, 0.25) is 0 Å². The van der Waals surface area contributed by atoms with E-state index >= 15 is 0 Å². The molecule has 0 saturated carbocycles. The number of rotatable bonds is 6. The lowest BCUT2D eigenvalue weighted by atomic mass is 10.1. The highest BCUT2D eigenvalue weighted by atomic mass is 16.6. The van der Waals surface area contributed by atoms with Crippen LogP contribution < -0.4 is 0 Å². The van der Waals surface area contributed by atoms with Crippen LogP contribution in [-0.4, -0.2) is 18.5 Å². The van der Waals surface area contributed by atoms with E-state index in [2.05, 4.69) is 6.92 Å². The van der Waals surface area contributed by atoms with E-state index in [4.69, 9.17) is 4.74 Å². The van der Waals surface area contributed by atoms with Gasteiger partial charge in [0.2, 0.25) is 0 Å². The number of hydrogen-bond acceptors (Lipinski definition) is 2. The van der Waals surface area contributed by atoms with Crippen molar-refractivity contribution in [2.45, 2.75) is 44.8 Å². The fourth-order valence-electron chi connectivity index (χ4n) is 1.31. The Morgan fingerprint density at radius 3 is 2.92 bits per heavy atom. The summed E-state index contributed by atoms with van der Waals surface area (Å²) in [6.45, 7) is 2.19. The second-order valence-corrected chi connectivity index (χ2v) is 3.16. The Morgan fingerprint density at radius 2 is 2.25 bits per heavy atom. The summed E-state index contributed by atoms with van der Waals surface area (Å²) in [5, 5.41) is 0. The maximum absolute atomic E-state index is 9.96. The van der Waals surface area contributed by atoms with Gasteiger partial charge in [-0.25, -0.2) is 0 Å². The van der Waals surface area contributed by atoms with Crippen LogP contribution in [0.4, 0.5) is 0 Å². The van der Waals surface area contributed by atoms with Crippen molar-refractivity contribution in [1.29, 1.82) is 0 Å². The lowest BCUT2D eigenvalue weighted by molar-refractivity contribution is -0.104. The van der Waals surface area contributed by atoms with Gasteiger partial charge < -0.3 is 4.74 Å². The molecule has 0 aliphatic carbocycles. The zero-order chi connectivity index (χ0) is 8.81. The molecule has 2 atom stereocenters. The smallest absolute Gasteiger partial charge is 0.142 e. The topological polar surface area (TPSA) is 29.6 Å².